The summed E-state index contributed by atoms with van der Waals surface area (Å²) in [6.07, 6.45) is 6.69. The van der Waals surface area contributed by atoms with Crippen LogP contribution in [0.25, 0.3) is 0 Å². The highest BCUT2D eigenvalue weighted by atomic mass is 32.1. The number of anilines is 1. The zero-order chi connectivity index (χ0) is 13.7. The van der Waals surface area contributed by atoms with E-state index in [1.807, 2.05) is 0 Å². The van der Waals surface area contributed by atoms with E-state index in [2.05, 4.69) is 16.8 Å². The molecule has 0 radical (unpaired) electrons. The molecule has 2 aliphatic heterocycles. The number of hydrogen-bond acceptors (Lipinski definition) is 5. The second-order valence-corrected chi connectivity index (χ2v) is 7.51. The topological polar surface area (TPSA) is 39.6 Å². The van der Waals surface area contributed by atoms with Crippen LogP contribution < -0.4 is 4.90 Å². The molecule has 2 fully saturated rings. The fourth-order valence-electron chi connectivity index (χ4n) is 4.00. The molecule has 1 aromatic heterocycles. The number of aromatic nitrogens is 1. The van der Waals surface area contributed by atoms with Gasteiger partial charge in [-0.05, 0) is 45.6 Å². The molecule has 3 aliphatic rings. The van der Waals surface area contributed by atoms with Crippen molar-refractivity contribution in [3.05, 3.63) is 10.6 Å². The third-order valence-electron chi connectivity index (χ3n) is 5.33. The minimum Gasteiger partial charge on any atom is -0.388 e. The van der Waals surface area contributed by atoms with Crippen molar-refractivity contribution in [2.75, 3.05) is 25.0 Å². The predicted molar refractivity (Wildman–Crippen MR) is 81.4 cm³/mol. The molecule has 0 spiro atoms. The van der Waals surface area contributed by atoms with Crippen molar-refractivity contribution < 1.29 is 5.11 Å². The van der Waals surface area contributed by atoms with Crippen molar-refractivity contribution in [3.8, 4) is 0 Å². The number of aryl methyl sites for hydroxylation is 1. The van der Waals surface area contributed by atoms with Gasteiger partial charge in [0.15, 0.2) is 5.13 Å². The largest absolute Gasteiger partial charge is 0.388 e. The molecule has 110 valence electrons. The van der Waals surface area contributed by atoms with Crippen molar-refractivity contribution in [2.24, 2.45) is 0 Å². The van der Waals surface area contributed by atoms with Gasteiger partial charge >= 0.3 is 0 Å². The number of hydrogen-bond donors (Lipinski definition) is 1. The molecule has 1 aromatic rings. The Balaban J connectivity index is 1.59. The van der Waals surface area contributed by atoms with Gasteiger partial charge in [-0.2, -0.15) is 0 Å². The van der Waals surface area contributed by atoms with E-state index < -0.39 is 0 Å². The van der Waals surface area contributed by atoms with Crippen molar-refractivity contribution in [1.29, 1.82) is 0 Å². The molecule has 3 heterocycles. The van der Waals surface area contributed by atoms with E-state index in [4.69, 9.17) is 4.98 Å². The van der Waals surface area contributed by atoms with Crippen LogP contribution in [-0.2, 0) is 6.42 Å². The lowest BCUT2D eigenvalue weighted by Crippen LogP contribution is -2.36. The van der Waals surface area contributed by atoms with Gasteiger partial charge in [-0.3, -0.25) is 4.90 Å². The number of rotatable bonds is 1. The summed E-state index contributed by atoms with van der Waals surface area (Å²) in [5.41, 5.74) is 1.16. The first-order valence-corrected chi connectivity index (χ1v) is 8.68. The molecule has 1 aliphatic carbocycles. The van der Waals surface area contributed by atoms with Crippen LogP contribution in [0.1, 0.15) is 48.8 Å². The van der Waals surface area contributed by atoms with Crippen LogP contribution in [-0.4, -0.2) is 47.2 Å². The van der Waals surface area contributed by atoms with E-state index in [1.165, 1.54) is 19.3 Å². The Morgan fingerprint density at radius 1 is 1.20 bits per heavy atom. The Bertz CT molecular complexity index is 503. The smallest absolute Gasteiger partial charge is 0.185 e. The Hall–Kier alpha value is -0.650. The lowest BCUT2D eigenvalue weighted by molar-refractivity contribution is 0.160. The molecule has 1 N–H and O–H groups in total. The van der Waals surface area contributed by atoms with Crippen LogP contribution >= 0.6 is 11.3 Å². The third kappa shape index (κ3) is 2.07. The zero-order valence-electron chi connectivity index (χ0n) is 12.1. The molecular formula is C15H23N3OS. The van der Waals surface area contributed by atoms with Gasteiger partial charge in [0.1, 0.15) is 0 Å². The maximum Gasteiger partial charge on any atom is 0.185 e. The van der Waals surface area contributed by atoms with E-state index in [0.717, 1.165) is 54.1 Å². The molecule has 2 bridgehead atoms. The fourth-order valence-corrected chi connectivity index (χ4v) is 5.17. The summed E-state index contributed by atoms with van der Waals surface area (Å²) in [5, 5.41) is 11.3. The molecule has 4 rings (SSSR count). The van der Waals surface area contributed by atoms with Gasteiger partial charge in [0, 0.05) is 25.2 Å². The lowest BCUT2D eigenvalue weighted by atomic mass is 10.0. The quantitative estimate of drug-likeness (QED) is 0.861. The number of fused-ring (bicyclic) bond motifs is 3. The number of aliphatic hydroxyl groups excluding tert-OH is 1. The van der Waals surface area contributed by atoms with Crippen molar-refractivity contribution in [1.82, 2.24) is 9.88 Å². The molecule has 3 unspecified atom stereocenters. The van der Waals surface area contributed by atoms with Gasteiger partial charge in [0.05, 0.1) is 16.7 Å². The monoisotopic (exact) mass is 293 g/mol. The van der Waals surface area contributed by atoms with E-state index in [1.54, 1.807) is 11.3 Å². The van der Waals surface area contributed by atoms with Gasteiger partial charge in [-0.1, -0.05) is 11.3 Å². The summed E-state index contributed by atoms with van der Waals surface area (Å²) < 4.78 is 0. The Labute approximate surface area is 124 Å². The van der Waals surface area contributed by atoms with Crippen LogP contribution in [0.15, 0.2) is 0 Å². The highest BCUT2D eigenvalue weighted by Gasteiger charge is 2.36. The zero-order valence-corrected chi connectivity index (χ0v) is 12.9. The first-order valence-electron chi connectivity index (χ1n) is 7.87. The molecule has 0 amide bonds. The summed E-state index contributed by atoms with van der Waals surface area (Å²) >= 11 is 1.73. The second-order valence-electron chi connectivity index (χ2n) is 6.50. The number of thiazole rings is 1. The molecule has 2 saturated heterocycles. The third-order valence-corrected chi connectivity index (χ3v) is 6.59. The summed E-state index contributed by atoms with van der Waals surface area (Å²) in [5.74, 6) is 0. The van der Waals surface area contributed by atoms with Crippen LogP contribution in [0.2, 0.25) is 0 Å². The standard InChI is InChI=1S/C15H23N3OS/c1-17-10-5-6-11(17)9-18(8-7-10)15-16-12-3-2-4-13(19)14(12)20-15/h10-11,13,19H,2-9H2,1H3. The normalized spacial score (nSPS) is 34.1. The van der Waals surface area contributed by atoms with Gasteiger partial charge in [0.25, 0.3) is 0 Å². The van der Waals surface area contributed by atoms with Gasteiger partial charge in [-0.25, -0.2) is 4.98 Å². The summed E-state index contributed by atoms with van der Waals surface area (Å²) in [7, 11) is 2.28. The maximum atomic E-state index is 10.1. The number of aliphatic hydroxyl groups is 1. The van der Waals surface area contributed by atoms with Crippen LogP contribution in [0, 0.1) is 0 Å². The van der Waals surface area contributed by atoms with Gasteiger partial charge in [-0.15, -0.1) is 0 Å². The minimum atomic E-state index is -0.267. The van der Waals surface area contributed by atoms with Crippen molar-refractivity contribution in [2.45, 2.75) is 56.7 Å². The van der Waals surface area contributed by atoms with Gasteiger partial charge < -0.3 is 10.0 Å². The molecule has 4 nitrogen and oxygen atoms in total. The number of likely N-dealkylation sites (N-methyl/N-ethyl adjacent to an activating group) is 1. The molecule has 5 heteroatoms. The SMILES string of the molecule is CN1C2CCC1CN(c1nc3c(s1)C(O)CCC3)CC2. The van der Waals surface area contributed by atoms with Crippen molar-refractivity contribution >= 4 is 16.5 Å². The first kappa shape index (κ1) is 13.0. The number of nitrogens with zero attached hydrogens (tertiary/aromatic N) is 3. The average molecular weight is 293 g/mol. The molecule has 3 atom stereocenters. The molecule has 20 heavy (non-hydrogen) atoms. The summed E-state index contributed by atoms with van der Waals surface area (Å²) in [4.78, 5) is 11.0. The Kier molecular flexibility index (Phi) is 3.24. The average Bonchev–Trinajstić information content (AvgIpc) is 2.93. The van der Waals surface area contributed by atoms with Crippen molar-refractivity contribution in [3.63, 3.8) is 0 Å². The summed E-state index contributed by atoms with van der Waals surface area (Å²) in [6, 6.07) is 1.46. The second kappa shape index (κ2) is 4.97. The fraction of sp³-hybridized carbons (Fsp3) is 0.800. The Morgan fingerprint density at radius 3 is 2.90 bits per heavy atom. The van der Waals surface area contributed by atoms with Crippen LogP contribution in [0.5, 0.6) is 0 Å². The highest BCUT2D eigenvalue weighted by molar-refractivity contribution is 7.15. The minimum absolute atomic E-state index is 0.267. The Morgan fingerprint density at radius 2 is 2.05 bits per heavy atom. The predicted octanol–water partition coefficient (Wildman–Crippen LogP) is 2.19. The maximum absolute atomic E-state index is 10.1. The molecule has 0 saturated carbocycles. The van der Waals surface area contributed by atoms with E-state index in [0.29, 0.717) is 6.04 Å². The molecular weight excluding hydrogens is 270 g/mol. The highest BCUT2D eigenvalue weighted by Crippen LogP contribution is 2.39. The van der Waals surface area contributed by atoms with Crippen LogP contribution in [0.4, 0.5) is 5.13 Å². The van der Waals surface area contributed by atoms with E-state index in [9.17, 15) is 5.11 Å². The van der Waals surface area contributed by atoms with E-state index in [-0.39, 0.29) is 6.10 Å². The van der Waals surface area contributed by atoms with Crippen LogP contribution in [0.3, 0.4) is 0 Å². The lowest BCUT2D eigenvalue weighted by Gasteiger charge is -2.25. The van der Waals surface area contributed by atoms with Gasteiger partial charge in [0.2, 0.25) is 0 Å². The first-order chi connectivity index (χ1) is 9.72. The summed E-state index contributed by atoms with van der Waals surface area (Å²) in [6.45, 7) is 2.23. The molecule has 0 aromatic carbocycles. The van der Waals surface area contributed by atoms with E-state index >= 15 is 0 Å².